The first-order valence-corrected chi connectivity index (χ1v) is 38.5. The SMILES string of the molecule is CCCCCCCCCC(=O)OC[C@H](COP(=O)(O)OC[C@H](O)COP(=O)(O)OC[C@@H](COC(=O)CCCCCCCCCCCCCC(C)C)OC(=O)CCCCCCCCCCCCCCCCCCC(C)C)OC(=O)CCCCCCCCC. The van der Waals surface area contributed by atoms with Crippen molar-refractivity contribution in [3.63, 3.8) is 0 Å². The van der Waals surface area contributed by atoms with Crippen LogP contribution in [0.15, 0.2) is 0 Å². The van der Waals surface area contributed by atoms with Gasteiger partial charge in [0.15, 0.2) is 12.2 Å². The van der Waals surface area contributed by atoms with E-state index in [9.17, 15) is 43.2 Å². The first-order chi connectivity index (χ1) is 41.9. The number of aliphatic hydroxyl groups is 1. The molecule has 2 unspecified atom stereocenters. The summed E-state index contributed by atoms with van der Waals surface area (Å²) in [6, 6.07) is 0. The molecule has 17 nitrogen and oxygen atoms in total. The molecule has 0 aromatic carbocycles. The van der Waals surface area contributed by atoms with E-state index in [1.54, 1.807) is 0 Å². The van der Waals surface area contributed by atoms with Crippen LogP contribution in [0.3, 0.4) is 0 Å². The average molecular weight is 1280 g/mol. The predicted molar refractivity (Wildman–Crippen MR) is 349 cm³/mol. The highest BCUT2D eigenvalue weighted by Crippen LogP contribution is 2.45. The van der Waals surface area contributed by atoms with Gasteiger partial charge in [0.1, 0.15) is 19.3 Å². The number of rotatable bonds is 67. The Balaban J connectivity index is 5.14. The van der Waals surface area contributed by atoms with Crippen LogP contribution in [0.4, 0.5) is 0 Å². The van der Waals surface area contributed by atoms with Gasteiger partial charge >= 0.3 is 39.5 Å². The van der Waals surface area contributed by atoms with Gasteiger partial charge in [0.2, 0.25) is 0 Å². The van der Waals surface area contributed by atoms with Crippen molar-refractivity contribution in [3.05, 3.63) is 0 Å². The Hall–Kier alpha value is -1.94. The number of aliphatic hydroxyl groups excluding tert-OH is 1. The van der Waals surface area contributed by atoms with Gasteiger partial charge in [-0.25, -0.2) is 9.13 Å². The Morgan fingerprint density at radius 2 is 0.529 bits per heavy atom. The summed E-state index contributed by atoms with van der Waals surface area (Å²) < 4.78 is 68.0. The van der Waals surface area contributed by atoms with Crippen LogP contribution in [-0.4, -0.2) is 96.7 Å². The second kappa shape index (κ2) is 60.3. The molecule has 516 valence electrons. The summed E-state index contributed by atoms with van der Waals surface area (Å²) in [7, 11) is -9.88. The normalized spacial score (nSPS) is 14.2. The zero-order valence-corrected chi connectivity index (χ0v) is 58.1. The fraction of sp³-hybridized carbons (Fsp3) is 0.941. The van der Waals surface area contributed by atoms with Gasteiger partial charge in [0, 0.05) is 25.7 Å². The summed E-state index contributed by atoms with van der Waals surface area (Å²) in [5.74, 6) is -0.556. The molecule has 0 aliphatic heterocycles. The third-order valence-electron chi connectivity index (χ3n) is 15.7. The van der Waals surface area contributed by atoms with Crippen LogP contribution in [0, 0.1) is 11.8 Å². The molecule has 3 N–H and O–H groups in total. The van der Waals surface area contributed by atoms with Crippen LogP contribution < -0.4 is 0 Å². The van der Waals surface area contributed by atoms with Crippen molar-refractivity contribution in [2.24, 2.45) is 11.8 Å². The molecule has 0 saturated carbocycles. The number of esters is 4. The minimum atomic E-state index is -4.95. The van der Waals surface area contributed by atoms with E-state index in [4.69, 9.17) is 37.0 Å². The van der Waals surface area contributed by atoms with Crippen molar-refractivity contribution < 1.29 is 80.2 Å². The molecule has 0 amide bonds. The highest BCUT2D eigenvalue weighted by molar-refractivity contribution is 7.47. The zero-order chi connectivity index (χ0) is 64.3. The number of hydrogen-bond acceptors (Lipinski definition) is 15. The van der Waals surface area contributed by atoms with Crippen molar-refractivity contribution in [1.82, 2.24) is 0 Å². The predicted octanol–water partition coefficient (Wildman–Crippen LogP) is 19.2. The molecule has 0 heterocycles. The van der Waals surface area contributed by atoms with Crippen molar-refractivity contribution in [3.8, 4) is 0 Å². The van der Waals surface area contributed by atoms with E-state index in [0.29, 0.717) is 25.7 Å². The molecule has 0 aliphatic rings. The lowest BCUT2D eigenvalue weighted by molar-refractivity contribution is -0.161. The van der Waals surface area contributed by atoms with Crippen LogP contribution in [-0.2, 0) is 65.4 Å². The van der Waals surface area contributed by atoms with Crippen molar-refractivity contribution in [2.45, 2.75) is 362 Å². The molecule has 87 heavy (non-hydrogen) atoms. The number of carbonyl (C=O) groups is 4. The summed E-state index contributed by atoms with van der Waals surface area (Å²) in [5, 5.41) is 10.5. The Morgan fingerprint density at radius 1 is 0.310 bits per heavy atom. The molecule has 19 heteroatoms. The third-order valence-corrected chi connectivity index (χ3v) is 17.6. The summed E-state index contributed by atoms with van der Waals surface area (Å²) in [5.41, 5.74) is 0. The quantitative estimate of drug-likeness (QED) is 0.0222. The smallest absolute Gasteiger partial charge is 0.462 e. The van der Waals surface area contributed by atoms with Crippen LogP contribution in [0.2, 0.25) is 0 Å². The summed E-state index contributed by atoms with van der Waals surface area (Å²) in [4.78, 5) is 72.1. The fourth-order valence-corrected chi connectivity index (χ4v) is 11.8. The standard InChI is InChI=1S/C68H132O17P2/c1-7-9-11-13-30-38-44-50-65(70)78-56-63(84-67(72)52-46-40-31-14-12-10-8-2)58-82-86(74,75)80-54-62(69)55-81-87(76,77)83-59-64(57-79-66(71)51-45-39-34-28-25-21-23-27-33-37-43-49-61(5)6)85-68(73)53-47-41-35-29-24-20-18-16-15-17-19-22-26-32-36-42-48-60(3)4/h60-64,69H,7-59H2,1-6H3,(H,74,75)(H,76,77)/t62-,63+,64+/m0/s1. The molecular formula is C68H132O17P2. The molecule has 0 radical (unpaired) electrons. The third kappa shape index (κ3) is 62.6. The largest absolute Gasteiger partial charge is 0.472 e. The number of ether oxygens (including phenoxy) is 4. The lowest BCUT2D eigenvalue weighted by atomic mass is 10.0. The summed E-state index contributed by atoms with van der Waals surface area (Å²) >= 11 is 0. The van der Waals surface area contributed by atoms with E-state index in [1.165, 1.54) is 135 Å². The van der Waals surface area contributed by atoms with E-state index in [-0.39, 0.29) is 25.7 Å². The van der Waals surface area contributed by atoms with Crippen LogP contribution >= 0.6 is 15.6 Å². The summed E-state index contributed by atoms with van der Waals surface area (Å²) in [6.45, 7) is 9.48. The molecule has 0 aromatic heterocycles. The minimum absolute atomic E-state index is 0.103. The monoisotopic (exact) mass is 1280 g/mol. The first-order valence-electron chi connectivity index (χ1n) is 35.5. The molecule has 0 spiro atoms. The number of phosphoric ester groups is 2. The van der Waals surface area contributed by atoms with Crippen molar-refractivity contribution >= 4 is 39.5 Å². The fourth-order valence-electron chi connectivity index (χ4n) is 10.2. The number of carbonyl (C=O) groups excluding carboxylic acids is 4. The van der Waals surface area contributed by atoms with E-state index in [1.807, 2.05) is 0 Å². The minimum Gasteiger partial charge on any atom is -0.462 e. The molecule has 0 saturated heterocycles. The lowest BCUT2D eigenvalue weighted by Gasteiger charge is -2.21. The molecule has 5 atom stereocenters. The van der Waals surface area contributed by atoms with Crippen molar-refractivity contribution in [2.75, 3.05) is 39.6 Å². The first kappa shape index (κ1) is 85.1. The van der Waals surface area contributed by atoms with Gasteiger partial charge in [-0.05, 0) is 37.5 Å². The maximum absolute atomic E-state index is 13.0. The van der Waals surface area contributed by atoms with E-state index in [2.05, 4.69) is 41.5 Å². The van der Waals surface area contributed by atoms with Crippen LogP contribution in [0.1, 0.15) is 343 Å². The lowest BCUT2D eigenvalue weighted by Crippen LogP contribution is -2.30. The number of unbranched alkanes of at least 4 members (excludes halogenated alkanes) is 37. The van der Waals surface area contributed by atoms with Gasteiger partial charge in [-0.3, -0.25) is 37.3 Å². The Kier molecular flexibility index (Phi) is 59.0. The second-order valence-corrected chi connectivity index (χ2v) is 28.4. The topological polar surface area (TPSA) is 237 Å². The highest BCUT2D eigenvalue weighted by Gasteiger charge is 2.30. The maximum Gasteiger partial charge on any atom is 0.472 e. The maximum atomic E-state index is 13.0. The Labute approximate surface area is 530 Å². The van der Waals surface area contributed by atoms with E-state index < -0.39 is 97.5 Å². The number of hydrogen-bond donors (Lipinski definition) is 3. The van der Waals surface area contributed by atoms with Gasteiger partial charge in [0.05, 0.1) is 26.4 Å². The van der Waals surface area contributed by atoms with Gasteiger partial charge < -0.3 is 33.8 Å². The average Bonchev–Trinajstić information content (AvgIpc) is 3.67. The molecule has 0 rings (SSSR count). The van der Waals surface area contributed by atoms with E-state index in [0.717, 1.165) is 127 Å². The van der Waals surface area contributed by atoms with Crippen LogP contribution in [0.5, 0.6) is 0 Å². The molecule has 0 fully saturated rings. The van der Waals surface area contributed by atoms with Gasteiger partial charge in [-0.1, -0.05) is 292 Å². The van der Waals surface area contributed by atoms with Crippen molar-refractivity contribution in [1.29, 1.82) is 0 Å². The van der Waals surface area contributed by atoms with Gasteiger partial charge in [0.25, 0.3) is 0 Å². The number of phosphoric acid groups is 2. The highest BCUT2D eigenvalue weighted by atomic mass is 31.2. The second-order valence-electron chi connectivity index (χ2n) is 25.5. The molecule has 0 bridgehead atoms. The van der Waals surface area contributed by atoms with Gasteiger partial charge in [-0.15, -0.1) is 0 Å². The van der Waals surface area contributed by atoms with Gasteiger partial charge in [-0.2, -0.15) is 0 Å². The molecule has 0 aromatic rings. The Bertz CT molecular complexity index is 1700. The summed E-state index contributed by atoms with van der Waals surface area (Å²) in [6.07, 6.45) is 44.8. The zero-order valence-electron chi connectivity index (χ0n) is 56.3. The molecular weight excluding hydrogens is 1150 g/mol. The molecule has 0 aliphatic carbocycles. The Morgan fingerprint density at radius 3 is 0.782 bits per heavy atom. The van der Waals surface area contributed by atoms with Crippen LogP contribution in [0.25, 0.3) is 0 Å². The van der Waals surface area contributed by atoms with E-state index >= 15 is 0 Å².